The Hall–Kier alpha value is -2.27. The monoisotopic (exact) mass is 458 g/mol. The van der Waals surface area contributed by atoms with Crippen LogP contribution in [-0.4, -0.2) is 27.3 Å². The Kier molecular flexibility index (Phi) is 4.97. The number of aromatic nitrogens is 2. The molecule has 1 N–H and O–H groups in total. The van der Waals surface area contributed by atoms with Gasteiger partial charge in [-0.25, -0.2) is 9.97 Å². The van der Waals surface area contributed by atoms with Crippen LogP contribution >= 0.6 is 0 Å². The Morgan fingerprint density at radius 2 is 1.59 bits per heavy atom. The highest BCUT2D eigenvalue weighted by molar-refractivity contribution is 5.91. The van der Waals surface area contributed by atoms with Crippen LogP contribution in [0.3, 0.4) is 0 Å². The summed E-state index contributed by atoms with van der Waals surface area (Å²) >= 11 is 0. The van der Waals surface area contributed by atoms with Gasteiger partial charge in [0.2, 0.25) is 5.91 Å². The van der Waals surface area contributed by atoms with E-state index in [0.29, 0.717) is 22.7 Å². The molecule has 4 saturated carbocycles. The number of benzene rings is 1. The van der Waals surface area contributed by atoms with Gasteiger partial charge >= 0.3 is 0 Å². The molecular weight excluding hydrogens is 420 g/mol. The van der Waals surface area contributed by atoms with Gasteiger partial charge in [-0.3, -0.25) is 9.69 Å². The lowest BCUT2D eigenvalue weighted by Gasteiger charge is -2.69. The van der Waals surface area contributed by atoms with Gasteiger partial charge in [0.1, 0.15) is 12.1 Å². The molecule has 0 saturated heterocycles. The maximum absolute atomic E-state index is 13.4. The van der Waals surface area contributed by atoms with E-state index in [1.807, 2.05) is 0 Å². The van der Waals surface area contributed by atoms with E-state index >= 15 is 0 Å². The maximum Gasteiger partial charge on any atom is 0.226 e. The van der Waals surface area contributed by atoms with E-state index in [2.05, 4.69) is 71.3 Å². The lowest BCUT2D eigenvalue weighted by atomic mass is 9.36. The van der Waals surface area contributed by atoms with Gasteiger partial charge in [0.15, 0.2) is 0 Å². The van der Waals surface area contributed by atoms with E-state index in [-0.39, 0.29) is 11.3 Å². The number of anilines is 1. The molecule has 1 amide bonds. The van der Waals surface area contributed by atoms with Crippen molar-refractivity contribution >= 4 is 11.7 Å². The molecular formula is C29H38N4O. The fourth-order valence-corrected chi connectivity index (χ4v) is 9.75. The molecule has 4 fully saturated rings. The van der Waals surface area contributed by atoms with Crippen molar-refractivity contribution in [1.29, 1.82) is 0 Å². The first-order chi connectivity index (χ1) is 16.1. The molecule has 2 heterocycles. The van der Waals surface area contributed by atoms with Gasteiger partial charge in [0.05, 0.1) is 5.69 Å². The van der Waals surface area contributed by atoms with Crippen LogP contribution in [0.5, 0.6) is 0 Å². The summed E-state index contributed by atoms with van der Waals surface area (Å²) in [6, 6.07) is 10.6. The smallest absolute Gasteiger partial charge is 0.226 e. The second kappa shape index (κ2) is 7.61. The molecule has 7 rings (SSSR count). The molecule has 0 atom stereocenters. The maximum atomic E-state index is 13.4. The predicted octanol–water partition coefficient (Wildman–Crippen LogP) is 5.75. The zero-order valence-electron chi connectivity index (χ0n) is 21.0. The molecule has 0 radical (unpaired) electrons. The summed E-state index contributed by atoms with van der Waals surface area (Å²) < 4.78 is 0. The van der Waals surface area contributed by atoms with E-state index < -0.39 is 0 Å². The predicted molar refractivity (Wildman–Crippen MR) is 134 cm³/mol. The lowest BCUT2D eigenvalue weighted by molar-refractivity contribution is -0.186. The number of hydrogen-bond donors (Lipinski definition) is 1. The van der Waals surface area contributed by atoms with E-state index in [9.17, 15) is 4.79 Å². The summed E-state index contributed by atoms with van der Waals surface area (Å²) in [5, 5.41) is 3.24. The van der Waals surface area contributed by atoms with E-state index in [1.54, 1.807) is 6.33 Å². The van der Waals surface area contributed by atoms with Crippen molar-refractivity contribution in [1.82, 2.24) is 14.9 Å². The minimum absolute atomic E-state index is 0.144. The van der Waals surface area contributed by atoms with Gasteiger partial charge in [-0.2, -0.15) is 0 Å². The second-order valence-corrected chi connectivity index (χ2v) is 13.3. The first kappa shape index (κ1) is 22.2. The zero-order chi connectivity index (χ0) is 23.6. The minimum atomic E-state index is 0.144. The molecule has 34 heavy (non-hydrogen) atoms. The van der Waals surface area contributed by atoms with Crippen molar-refractivity contribution in [2.75, 3.05) is 11.9 Å². The highest BCUT2D eigenvalue weighted by atomic mass is 16.1. The molecule has 1 aromatic heterocycles. The molecule has 1 aromatic carbocycles. The molecule has 4 bridgehead atoms. The Labute approximate surface area is 203 Å². The summed E-state index contributed by atoms with van der Waals surface area (Å²) in [7, 11) is 0. The molecule has 5 heteroatoms. The third-order valence-electron chi connectivity index (χ3n) is 9.09. The van der Waals surface area contributed by atoms with Crippen LogP contribution in [-0.2, 0) is 24.3 Å². The Balaban J connectivity index is 1.16. The molecule has 2 aromatic rings. The van der Waals surface area contributed by atoms with E-state index in [0.717, 1.165) is 43.1 Å². The Morgan fingerprint density at radius 3 is 2.24 bits per heavy atom. The summed E-state index contributed by atoms with van der Waals surface area (Å²) in [5.74, 6) is 0.882. The van der Waals surface area contributed by atoms with Gasteiger partial charge in [-0.1, -0.05) is 51.1 Å². The average Bonchev–Trinajstić information content (AvgIpc) is 2.70. The van der Waals surface area contributed by atoms with Crippen LogP contribution in [0.15, 0.2) is 36.7 Å². The normalized spacial score (nSPS) is 36.3. The fraction of sp³-hybridized carbons (Fsp3) is 0.621. The molecule has 4 aliphatic carbocycles. The number of rotatable bonds is 5. The number of amides is 1. The van der Waals surface area contributed by atoms with Gasteiger partial charge in [0, 0.05) is 31.6 Å². The highest BCUT2D eigenvalue weighted by Gasteiger charge is 2.64. The SMILES string of the molecule is CC12CC3(C)CC(C)(C1)CC(CC(=O)Nc1ncnc4c1CCN(Cc1ccccc1)C4)(C2)C3. The largest absolute Gasteiger partial charge is 0.310 e. The molecule has 5 aliphatic rings. The standard InChI is InChI=1S/C29H38N4O/c1-26-14-27(2)16-28(3,15-26)19-29(17-26,18-27)11-24(34)32-25-22-9-10-33(13-23(22)30-20-31-25)12-21-7-5-4-6-8-21/h4-8,20H,9-19H2,1-3H3,(H,30,31,32,34). The topological polar surface area (TPSA) is 58.1 Å². The van der Waals surface area contributed by atoms with Crippen molar-refractivity contribution in [3.63, 3.8) is 0 Å². The van der Waals surface area contributed by atoms with Crippen molar-refractivity contribution in [3.8, 4) is 0 Å². The second-order valence-electron chi connectivity index (χ2n) is 13.3. The van der Waals surface area contributed by atoms with E-state index in [4.69, 9.17) is 0 Å². The number of fused-ring (bicyclic) bond motifs is 1. The Morgan fingerprint density at radius 1 is 0.941 bits per heavy atom. The number of carbonyl (C=O) groups is 1. The molecule has 0 spiro atoms. The first-order valence-electron chi connectivity index (χ1n) is 13.0. The van der Waals surface area contributed by atoms with Gasteiger partial charge in [0.25, 0.3) is 0 Å². The van der Waals surface area contributed by atoms with Gasteiger partial charge < -0.3 is 5.32 Å². The summed E-state index contributed by atoms with van der Waals surface area (Å²) in [6.45, 7) is 10.1. The molecule has 1 aliphatic heterocycles. The fourth-order valence-electron chi connectivity index (χ4n) is 9.75. The van der Waals surface area contributed by atoms with Crippen LogP contribution in [0.2, 0.25) is 0 Å². The number of carbonyl (C=O) groups excluding carboxylic acids is 1. The molecule has 5 nitrogen and oxygen atoms in total. The average molecular weight is 459 g/mol. The molecule has 180 valence electrons. The van der Waals surface area contributed by atoms with Gasteiger partial charge in [-0.15, -0.1) is 0 Å². The van der Waals surface area contributed by atoms with Crippen LogP contribution in [0.25, 0.3) is 0 Å². The first-order valence-corrected chi connectivity index (χ1v) is 13.0. The van der Waals surface area contributed by atoms with Crippen molar-refractivity contribution < 1.29 is 4.79 Å². The third-order valence-corrected chi connectivity index (χ3v) is 9.09. The zero-order valence-corrected chi connectivity index (χ0v) is 21.0. The van der Waals surface area contributed by atoms with Crippen molar-refractivity contribution in [2.45, 2.75) is 85.2 Å². The number of nitrogens with one attached hydrogen (secondary N) is 1. The molecule has 0 unspecified atom stereocenters. The van der Waals surface area contributed by atoms with Crippen molar-refractivity contribution in [3.05, 3.63) is 53.5 Å². The summed E-state index contributed by atoms with van der Waals surface area (Å²) in [6.07, 6.45) is 10.7. The van der Waals surface area contributed by atoms with E-state index in [1.165, 1.54) is 44.1 Å². The summed E-state index contributed by atoms with van der Waals surface area (Å²) in [5.41, 5.74) is 4.83. The minimum Gasteiger partial charge on any atom is -0.310 e. The Bertz CT molecular complexity index is 1060. The van der Waals surface area contributed by atoms with Crippen LogP contribution in [0.1, 0.15) is 82.5 Å². The van der Waals surface area contributed by atoms with Gasteiger partial charge in [-0.05, 0) is 72.2 Å². The van der Waals surface area contributed by atoms with Crippen LogP contribution in [0, 0.1) is 21.7 Å². The number of hydrogen-bond acceptors (Lipinski definition) is 4. The third kappa shape index (κ3) is 4.06. The number of nitrogens with zero attached hydrogens (tertiary/aromatic N) is 3. The summed E-state index contributed by atoms with van der Waals surface area (Å²) in [4.78, 5) is 24.9. The quantitative estimate of drug-likeness (QED) is 0.620. The highest BCUT2D eigenvalue weighted by Crippen LogP contribution is 2.74. The van der Waals surface area contributed by atoms with Crippen molar-refractivity contribution in [2.24, 2.45) is 21.7 Å². The lowest BCUT2D eigenvalue weighted by Crippen LogP contribution is -2.59. The van der Waals surface area contributed by atoms with Crippen LogP contribution < -0.4 is 5.32 Å². The van der Waals surface area contributed by atoms with Crippen LogP contribution in [0.4, 0.5) is 5.82 Å².